The molecular formula is C26H21F4N7O4. The van der Waals surface area contributed by atoms with Gasteiger partial charge in [0.15, 0.2) is 11.5 Å². The van der Waals surface area contributed by atoms with Crippen LogP contribution in [0.5, 0.6) is 11.6 Å². The molecule has 0 unspecified atom stereocenters. The first kappa shape index (κ1) is 28.7. The third-order valence-corrected chi connectivity index (χ3v) is 5.68. The minimum Gasteiger partial charge on any atom is -0.480 e. The van der Waals surface area contributed by atoms with Crippen LogP contribution in [0, 0.1) is 22.6 Å². The van der Waals surface area contributed by atoms with Crippen LogP contribution in [0.2, 0.25) is 0 Å². The second kappa shape index (κ2) is 11.1. The Kier molecular flexibility index (Phi) is 7.77. The highest BCUT2D eigenvalue weighted by Gasteiger charge is 2.31. The monoisotopic (exact) mass is 571 g/mol. The number of benzene rings is 1. The highest BCUT2D eigenvalue weighted by molar-refractivity contribution is 5.97. The lowest BCUT2D eigenvalue weighted by molar-refractivity contribution is -0.274. The highest BCUT2D eigenvalue weighted by atomic mass is 19.4. The Morgan fingerprint density at radius 3 is 2.59 bits per heavy atom. The fraction of sp³-hybridized carbons (Fsp3) is 0.231. The highest BCUT2D eigenvalue weighted by Crippen LogP contribution is 2.26. The summed E-state index contributed by atoms with van der Waals surface area (Å²) in [7, 11) is 1.29. The van der Waals surface area contributed by atoms with Crippen molar-refractivity contribution in [3.05, 3.63) is 65.7 Å². The molecule has 2 amide bonds. The SMILES string of the molecule is COc1ncc(-c2ccc3nc(NC(=O)C(C)(C)C#N)cn3n2)cc1C(=O)NCc1cc(OC(F)(F)F)ccc1F. The molecule has 2 N–H and O–H groups in total. The van der Waals surface area contributed by atoms with Crippen LogP contribution in [-0.4, -0.2) is 44.9 Å². The third kappa shape index (κ3) is 6.67. The van der Waals surface area contributed by atoms with Crippen LogP contribution in [0.15, 0.2) is 48.8 Å². The minimum atomic E-state index is -4.96. The summed E-state index contributed by atoms with van der Waals surface area (Å²) in [5.41, 5.74) is -0.432. The lowest BCUT2D eigenvalue weighted by Crippen LogP contribution is -2.29. The molecule has 4 aromatic rings. The fourth-order valence-electron chi connectivity index (χ4n) is 3.49. The van der Waals surface area contributed by atoms with Crippen molar-refractivity contribution >= 4 is 23.3 Å². The molecule has 3 heterocycles. The number of halogens is 4. The number of nitrogens with zero attached hydrogens (tertiary/aromatic N) is 5. The average Bonchev–Trinajstić information content (AvgIpc) is 3.33. The molecule has 212 valence electrons. The maximum atomic E-state index is 14.2. The maximum absolute atomic E-state index is 14.2. The Bertz CT molecular complexity index is 1680. The number of pyridine rings is 1. The summed E-state index contributed by atoms with van der Waals surface area (Å²) < 4.78 is 62.1. The number of aromatic nitrogens is 4. The minimum absolute atomic E-state index is 0.0488. The molecule has 0 atom stereocenters. The average molecular weight is 571 g/mol. The maximum Gasteiger partial charge on any atom is 0.573 e. The van der Waals surface area contributed by atoms with E-state index in [2.05, 4.69) is 30.4 Å². The largest absolute Gasteiger partial charge is 0.573 e. The van der Waals surface area contributed by atoms with E-state index in [9.17, 15) is 27.2 Å². The number of ether oxygens (including phenoxy) is 2. The number of anilines is 1. The Morgan fingerprint density at radius 2 is 1.90 bits per heavy atom. The van der Waals surface area contributed by atoms with Gasteiger partial charge in [-0.15, -0.1) is 13.2 Å². The molecule has 15 heteroatoms. The smallest absolute Gasteiger partial charge is 0.480 e. The van der Waals surface area contributed by atoms with Gasteiger partial charge in [-0.1, -0.05) is 0 Å². The van der Waals surface area contributed by atoms with E-state index in [1.54, 1.807) is 12.1 Å². The number of hydrogen-bond acceptors (Lipinski definition) is 8. The summed E-state index contributed by atoms with van der Waals surface area (Å²) in [5.74, 6) is -2.66. The number of methoxy groups -OCH3 is 1. The number of imidazole rings is 1. The zero-order valence-electron chi connectivity index (χ0n) is 21.7. The van der Waals surface area contributed by atoms with Crippen molar-refractivity contribution in [2.75, 3.05) is 12.4 Å². The van der Waals surface area contributed by atoms with Crippen LogP contribution in [0.3, 0.4) is 0 Å². The van der Waals surface area contributed by atoms with E-state index >= 15 is 0 Å². The van der Waals surface area contributed by atoms with Gasteiger partial charge in [-0.25, -0.2) is 18.9 Å². The lowest BCUT2D eigenvalue weighted by atomic mass is 9.95. The fourth-order valence-corrected chi connectivity index (χ4v) is 3.49. The van der Waals surface area contributed by atoms with Crippen molar-refractivity contribution < 1.29 is 36.6 Å². The van der Waals surface area contributed by atoms with Crippen molar-refractivity contribution in [1.29, 1.82) is 5.26 Å². The summed E-state index contributed by atoms with van der Waals surface area (Å²) in [6.45, 7) is 2.48. The first-order valence-electron chi connectivity index (χ1n) is 11.8. The van der Waals surface area contributed by atoms with Crippen LogP contribution in [-0.2, 0) is 11.3 Å². The van der Waals surface area contributed by atoms with E-state index in [4.69, 9.17) is 10.00 Å². The number of hydrogen-bond donors (Lipinski definition) is 2. The van der Waals surface area contributed by atoms with Crippen molar-refractivity contribution in [2.24, 2.45) is 5.41 Å². The van der Waals surface area contributed by atoms with Gasteiger partial charge >= 0.3 is 6.36 Å². The van der Waals surface area contributed by atoms with Gasteiger partial charge in [0.2, 0.25) is 11.8 Å². The van der Waals surface area contributed by atoms with Crippen LogP contribution in [0.25, 0.3) is 16.9 Å². The Morgan fingerprint density at radius 1 is 1.15 bits per heavy atom. The number of carbonyl (C=O) groups excluding carboxylic acids is 2. The van der Waals surface area contributed by atoms with Gasteiger partial charge in [-0.2, -0.15) is 10.4 Å². The Labute approximate surface area is 229 Å². The molecule has 0 aliphatic heterocycles. The number of alkyl halides is 3. The van der Waals surface area contributed by atoms with E-state index in [-0.39, 0.29) is 22.8 Å². The van der Waals surface area contributed by atoms with Gasteiger partial charge in [-0.05, 0) is 50.2 Å². The number of nitrogens with one attached hydrogen (secondary N) is 2. The molecule has 1 aromatic carbocycles. The zero-order valence-corrected chi connectivity index (χ0v) is 21.7. The van der Waals surface area contributed by atoms with Gasteiger partial charge in [0.25, 0.3) is 5.91 Å². The molecule has 0 aliphatic carbocycles. The molecule has 41 heavy (non-hydrogen) atoms. The standard InChI is InChI=1S/C26H21F4N7O4/c1-25(2,13-31)24(39)35-20-12-37-21(34-20)7-6-19(36-37)15-9-17(23(40-3)33-11-15)22(38)32-10-14-8-16(4-5-18(14)27)41-26(28,29)30/h4-9,11-12H,10H2,1-3H3,(H,32,38)(H,35,39). The van der Waals surface area contributed by atoms with Crippen LogP contribution >= 0.6 is 0 Å². The van der Waals surface area contributed by atoms with Crippen LogP contribution < -0.4 is 20.1 Å². The predicted octanol–water partition coefficient (Wildman–Crippen LogP) is 4.26. The van der Waals surface area contributed by atoms with Crippen molar-refractivity contribution in [1.82, 2.24) is 24.9 Å². The van der Waals surface area contributed by atoms with Crippen LogP contribution in [0.4, 0.5) is 23.4 Å². The van der Waals surface area contributed by atoms with Gasteiger partial charge in [0, 0.05) is 23.9 Å². The molecule has 0 fully saturated rings. The van der Waals surface area contributed by atoms with E-state index in [0.717, 1.165) is 18.2 Å². The van der Waals surface area contributed by atoms with E-state index < -0.39 is 41.7 Å². The second-order valence-corrected chi connectivity index (χ2v) is 9.10. The van der Waals surface area contributed by atoms with E-state index in [1.165, 1.54) is 43.9 Å². The zero-order chi connectivity index (χ0) is 29.9. The normalized spacial score (nSPS) is 11.6. The summed E-state index contributed by atoms with van der Waals surface area (Å²) in [6.07, 6.45) is -2.12. The molecular weight excluding hydrogens is 550 g/mol. The molecule has 0 radical (unpaired) electrons. The molecule has 3 aromatic heterocycles. The van der Waals surface area contributed by atoms with Gasteiger partial charge < -0.3 is 20.1 Å². The number of carbonyl (C=O) groups is 2. The lowest BCUT2D eigenvalue weighted by Gasteiger charge is -2.13. The second-order valence-electron chi connectivity index (χ2n) is 9.10. The first-order chi connectivity index (χ1) is 19.3. The summed E-state index contributed by atoms with van der Waals surface area (Å²) in [4.78, 5) is 33.6. The van der Waals surface area contributed by atoms with Crippen molar-refractivity contribution in [3.8, 4) is 29.0 Å². The van der Waals surface area contributed by atoms with Gasteiger partial charge in [0.1, 0.15) is 22.5 Å². The molecule has 0 spiro atoms. The molecule has 0 bridgehead atoms. The topological polar surface area (TPSA) is 144 Å². The summed E-state index contributed by atoms with van der Waals surface area (Å²) in [5, 5.41) is 18.6. The number of fused-ring (bicyclic) bond motifs is 1. The molecule has 4 rings (SSSR count). The van der Waals surface area contributed by atoms with E-state index in [0.29, 0.717) is 16.9 Å². The molecule has 0 aliphatic rings. The van der Waals surface area contributed by atoms with Crippen molar-refractivity contribution in [3.63, 3.8) is 0 Å². The molecule has 0 saturated carbocycles. The third-order valence-electron chi connectivity index (χ3n) is 5.68. The molecule has 11 nitrogen and oxygen atoms in total. The summed E-state index contributed by atoms with van der Waals surface area (Å²) in [6, 6.07) is 8.97. The molecule has 0 saturated heterocycles. The summed E-state index contributed by atoms with van der Waals surface area (Å²) >= 11 is 0. The van der Waals surface area contributed by atoms with E-state index in [1.807, 2.05) is 6.07 Å². The Hall–Kier alpha value is -5.26. The van der Waals surface area contributed by atoms with Crippen LogP contribution in [0.1, 0.15) is 29.8 Å². The quantitative estimate of drug-likeness (QED) is 0.299. The first-order valence-corrected chi connectivity index (χ1v) is 11.8. The van der Waals surface area contributed by atoms with Gasteiger partial charge in [-0.3, -0.25) is 9.59 Å². The number of rotatable bonds is 8. The number of nitriles is 1. The van der Waals surface area contributed by atoms with Gasteiger partial charge in [0.05, 0.1) is 25.1 Å². The predicted molar refractivity (Wildman–Crippen MR) is 135 cm³/mol. The number of amides is 2. The van der Waals surface area contributed by atoms with Crippen molar-refractivity contribution in [2.45, 2.75) is 26.8 Å². The Balaban J connectivity index is 1.56.